The number of hydrogen-bond donors (Lipinski definition) is 2. The lowest BCUT2D eigenvalue weighted by molar-refractivity contribution is 0.327. The quantitative estimate of drug-likeness (QED) is 0.645. The standard InChI is InChI=1S/C14H16N4O2/c1-3-20-13-5-4-10(8-17-13)18-14(15)11-6-7-16-9-12(11)19-2/h4-9H,3H2,1-2H3,(H2,15,18). The fourth-order valence-electron chi connectivity index (χ4n) is 1.65. The van der Waals surface area contributed by atoms with Crippen LogP contribution in [-0.2, 0) is 0 Å². The minimum atomic E-state index is 0.218. The van der Waals surface area contributed by atoms with Crippen molar-refractivity contribution >= 4 is 11.5 Å². The van der Waals surface area contributed by atoms with Crippen molar-refractivity contribution in [2.75, 3.05) is 19.0 Å². The van der Waals surface area contributed by atoms with Crippen LogP contribution < -0.4 is 14.8 Å². The van der Waals surface area contributed by atoms with Crippen LogP contribution in [0.4, 0.5) is 5.69 Å². The molecule has 0 radical (unpaired) electrons. The predicted octanol–water partition coefficient (Wildman–Crippen LogP) is 2.32. The van der Waals surface area contributed by atoms with Gasteiger partial charge >= 0.3 is 0 Å². The topological polar surface area (TPSA) is 80.1 Å². The summed E-state index contributed by atoms with van der Waals surface area (Å²) >= 11 is 0. The molecule has 2 N–H and O–H groups in total. The summed E-state index contributed by atoms with van der Waals surface area (Å²) in [4.78, 5) is 8.09. The Morgan fingerprint density at radius 3 is 2.80 bits per heavy atom. The van der Waals surface area contributed by atoms with E-state index in [1.165, 1.54) is 0 Å². The van der Waals surface area contributed by atoms with Crippen molar-refractivity contribution in [3.05, 3.63) is 42.4 Å². The van der Waals surface area contributed by atoms with Crippen molar-refractivity contribution in [2.45, 2.75) is 6.92 Å². The maximum absolute atomic E-state index is 8.07. The Hall–Kier alpha value is -2.63. The van der Waals surface area contributed by atoms with Crippen molar-refractivity contribution in [1.29, 1.82) is 5.41 Å². The van der Waals surface area contributed by atoms with Crippen LogP contribution in [-0.4, -0.2) is 29.5 Å². The van der Waals surface area contributed by atoms with Crippen LogP contribution in [0.2, 0.25) is 0 Å². The fourth-order valence-corrected chi connectivity index (χ4v) is 1.65. The fraction of sp³-hybridized carbons (Fsp3) is 0.214. The molecule has 0 aliphatic carbocycles. The van der Waals surface area contributed by atoms with Gasteiger partial charge in [0.2, 0.25) is 5.88 Å². The lowest BCUT2D eigenvalue weighted by atomic mass is 10.2. The molecular weight excluding hydrogens is 256 g/mol. The molecule has 0 unspecified atom stereocenters. The van der Waals surface area contributed by atoms with Crippen LogP contribution >= 0.6 is 0 Å². The van der Waals surface area contributed by atoms with Gasteiger partial charge in [0.15, 0.2) is 0 Å². The van der Waals surface area contributed by atoms with Crippen molar-refractivity contribution < 1.29 is 9.47 Å². The number of nitrogens with one attached hydrogen (secondary N) is 2. The number of rotatable bonds is 5. The Labute approximate surface area is 117 Å². The lowest BCUT2D eigenvalue weighted by Gasteiger charge is -2.11. The Bertz CT molecular complexity index is 584. The highest BCUT2D eigenvalue weighted by Gasteiger charge is 2.08. The zero-order valence-electron chi connectivity index (χ0n) is 11.4. The van der Waals surface area contributed by atoms with Crippen molar-refractivity contribution in [1.82, 2.24) is 9.97 Å². The molecule has 104 valence electrons. The van der Waals surface area contributed by atoms with Crippen LogP contribution in [0, 0.1) is 5.41 Å². The third kappa shape index (κ3) is 3.23. The molecular formula is C14H16N4O2. The molecule has 2 heterocycles. The molecule has 0 saturated carbocycles. The molecule has 2 rings (SSSR count). The first-order valence-electron chi connectivity index (χ1n) is 6.17. The van der Waals surface area contributed by atoms with Gasteiger partial charge in [-0.1, -0.05) is 0 Å². The van der Waals surface area contributed by atoms with Crippen LogP contribution in [0.15, 0.2) is 36.8 Å². The summed E-state index contributed by atoms with van der Waals surface area (Å²) in [6.45, 7) is 2.48. The molecule has 0 saturated heterocycles. The number of methoxy groups -OCH3 is 1. The first-order valence-corrected chi connectivity index (χ1v) is 6.17. The molecule has 0 aliphatic rings. The Morgan fingerprint density at radius 2 is 2.15 bits per heavy atom. The number of hydrogen-bond acceptors (Lipinski definition) is 5. The second kappa shape index (κ2) is 6.51. The monoisotopic (exact) mass is 272 g/mol. The molecule has 6 nitrogen and oxygen atoms in total. The summed E-state index contributed by atoms with van der Waals surface area (Å²) in [6, 6.07) is 5.28. The van der Waals surface area contributed by atoms with E-state index in [0.717, 1.165) is 0 Å². The van der Waals surface area contributed by atoms with Crippen LogP contribution in [0.3, 0.4) is 0 Å². The summed E-state index contributed by atoms with van der Waals surface area (Å²) < 4.78 is 10.4. The minimum absolute atomic E-state index is 0.218. The summed E-state index contributed by atoms with van der Waals surface area (Å²) in [7, 11) is 1.55. The highest BCUT2D eigenvalue weighted by atomic mass is 16.5. The summed E-state index contributed by atoms with van der Waals surface area (Å²) in [5, 5.41) is 11.0. The molecule has 0 aromatic carbocycles. The van der Waals surface area contributed by atoms with E-state index in [1.54, 1.807) is 43.9 Å². The molecule has 6 heteroatoms. The molecule has 0 fully saturated rings. The minimum Gasteiger partial charge on any atom is -0.494 e. The summed E-state index contributed by atoms with van der Waals surface area (Å²) in [5.74, 6) is 1.32. The number of amidine groups is 1. The molecule has 20 heavy (non-hydrogen) atoms. The van der Waals surface area contributed by atoms with E-state index in [1.807, 2.05) is 6.92 Å². The van der Waals surface area contributed by atoms with Gasteiger partial charge in [-0.2, -0.15) is 0 Å². The summed E-state index contributed by atoms with van der Waals surface area (Å²) in [5.41, 5.74) is 1.34. The van der Waals surface area contributed by atoms with Gasteiger partial charge in [0.05, 0.1) is 37.4 Å². The largest absolute Gasteiger partial charge is 0.494 e. The lowest BCUT2D eigenvalue weighted by Crippen LogP contribution is -2.13. The van der Waals surface area contributed by atoms with Crippen LogP contribution in [0.5, 0.6) is 11.6 Å². The van der Waals surface area contributed by atoms with Crippen LogP contribution in [0.25, 0.3) is 0 Å². The van der Waals surface area contributed by atoms with Gasteiger partial charge in [-0.15, -0.1) is 0 Å². The number of ether oxygens (including phenoxy) is 2. The molecule has 0 aliphatic heterocycles. The van der Waals surface area contributed by atoms with Crippen molar-refractivity contribution in [3.8, 4) is 11.6 Å². The molecule has 0 amide bonds. The van der Waals surface area contributed by atoms with Gasteiger partial charge in [0.1, 0.15) is 11.6 Å². The molecule has 2 aromatic heterocycles. The number of nitrogens with zero attached hydrogens (tertiary/aromatic N) is 2. The van der Waals surface area contributed by atoms with Crippen LogP contribution in [0.1, 0.15) is 12.5 Å². The van der Waals surface area contributed by atoms with Gasteiger partial charge in [-0.05, 0) is 19.1 Å². The second-order valence-corrected chi connectivity index (χ2v) is 3.89. The first-order chi connectivity index (χ1) is 9.74. The molecule has 0 atom stereocenters. The highest BCUT2D eigenvalue weighted by Crippen LogP contribution is 2.18. The SMILES string of the molecule is CCOc1ccc(NC(=N)c2ccncc2OC)cn1. The van der Waals surface area contributed by atoms with Gasteiger partial charge < -0.3 is 14.8 Å². The third-order valence-corrected chi connectivity index (χ3v) is 2.57. The Morgan fingerprint density at radius 1 is 1.30 bits per heavy atom. The zero-order valence-corrected chi connectivity index (χ0v) is 11.4. The third-order valence-electron chi connectivity index (χ3n) is 2.57. The van der Waals surface area contributed by atoms with Gasteiger partial charge in [0.25, 0.3) is 0 Å². The van der Waals surface area contributed by atoms with Gasteiger partial charge in [-0.3, -0.25) is 10.4 Å². The normalized spacial score (nSPS) is 9.90. The van der Waals surface area contributed by atoms with E-state index >= 15 is 0 Å². The Balaban J connectivity index is 2.11. The van der Waals surface area contributed by atoms with E-state index in [-0.39, 0.29) is 5.84 Å². The highest BCUT2D eigenvalue weighted by molar-refractivity contribution is 6.07. The van der Waals surface area contributed by atoms with Crippen molar-refractivity contribution in [3.63, 3.8) is 0 Å². The van der Waals surface area contributed by atoms with E-state index in [2.05, 4.69) is 15.3 Å². The van der Waals surface area contributed by atoms with E-state index < -0.39 is 0 Å². The van der Waals surface area contributed by atoms with E-state index in [4.69, 9.17) is 14.9 Å². The predicted molar refractivity (Wildman–Crippen MR) is 76.6 cm³/mol. The number of aromatic nitrogens is 2. The van der Waals surface area contributed by atoms with E-state index in [9.17, 15) is 0 Å². The number of pyridine rings is 2. The molecule has 0 spiro atoms. The maximum atomic E-state index is 8.07. The number of anilines is 1. The van der Waals surface area contributed by atoms with Gasteiger partial charge in [0, 0.05) is 12.3 Å². The second-order valence-electron chi connectivity index (χ2n) is 3.89. The average Bonchev–Trinajstić information content (AvgIpc) is 2.49. The molecule has 0 bridgehead atoms. The van der Waals surface area contributed by atoms with E-state index in [0.29, 0.717) is 29.5 Å². The average molecular weight is 272 g/mol. The summed E-state index contributed by atoms with van der Waals surface area (Å²) in [6.07, 6.45) is 4.81. The first kappa shape index (κ1) is 13.8. The Kier molecular flexibility index (Phi) is 4.49. The smallest absolute Gasteiger partial charge is 0.213 e. The zero-order chi connectivity index (χ0) is 14.4. The molecule has 2 aromatic rings. The van der Waals surface area contributed by atoms with Gasteiger partial charge in [-0.25, -0.2) is 4.98 Å². The maximum Gasteiger partial charge on any atom is 0.213 e. The van der Waals surface area contributed by atoms with Crippen molar-refractivity contribution in [2.24, 2.45) is 0 Å².